The fourth-order valence-electron chi connectivity index (χ4n) is 2.15. The third-order valence-corrected chi connectivity index (χ3v) is 3.59. The molecule has 3 heteroatoms. The van der Waals surface area contributed by atoms with E-state index >= 15 is 0 Å². The molecule has 1 fully saturated rings. The lowest BCUT2D eigenvalue weighted by atomic mass is 10.2. The van der Waals surface area contributed by atoms with Crippen molar-refractivity contribution in [2.45, 2.75) is 33.6 Å². The van der Waals surface area contributed by atoms with Crippen LogP contribution >= 0.6 is 11.6 Å². The Kier molecular flexibility index (Phi) is 4.07. The van der Waals surface area contributed by atoms with Gasteiger partial charge in [-0.15, -0.1) is 0 Å². The Bertz CT molecular complexity index is 503. The van der Waals surface area contributed by atoms with Crippen LogP contribution in [0.1, 0.15) is 32.3 Å². The number of hydrogen-bond donors (Lipinski definition) is 0. The molecule has 0 saturated carbocycles. The van der Waals surface area contributed by atoms with Gasteiger partial charge in [-0.05, 0) is 44.9 Å². The van der Waals surface area contributed by atoms with Crippen molar-refractivity contribution in [1.29, 1.82) is 0 Å². The second kappa shape index (κ2) is 5.57. The van der Waals surface area contributed by atoms with Crippen molar-refractivity contribution >= 4 is 23.1 Å². The van der Waals surface area contributed by atoms with Gasteiger partial charge >= 0.3 is 0 Å². The van der Waals surface area contributed by atoms with Gasteiger partial charge in [-0.3, -0.25) is 0 Å². The van der Waals surface area contributed by atoms with E-state index in [9.17, 15) is 0 Å². The van der Waals surface area contributed by atoms with Crippen molar-refractivity contribution < 1.29 is 0 Å². The van der Waals surface area contributed by atoms with E-state index in [1.54, 1.807) is 0 Å². The molecule has 96 valence electrons. The third kappa shape index (κ3) is 2.75. The van der Waals surface area contributed by atoms with Crippen molar-refractivity contribution in [2.24, 2.45) is 4.99 Å². The normalized spacial score (nSPS) is 18.8. The van der Waals surface area contributed by atoms with Gasteiger partial charge < -0.3 is 4.90 Å². The van der Waals surface area contributed by atoms with E-state index in [4.69, 9.17) is 16.6 Å². The van der Waals surface area contributed by atoms with Gasteiger partial charge in [-0.1, -0.05) is 23.7 Å². The highest BCUT2D eigenvalue weighted by atomic mass is 35.5. The first-order valence-electron chi connectivity index (χ1n) is 6.36. The number of allylic oxidation sites excluding steroid dienone is 2. The first-order chi connectivity index (χ1) is 8.61. The molecule has 1 aliphatic rings. The molecular weight excluding hydrogens is 244 g/mol. The molecule has 1 aromatic carbocycles. The number of benzene rings is 1. The van der Waals surface area contributed by atoms with Gasteiger partial charge in [0, 0.05) is 18.7 Å². The molecule has 0 radical (unpaired) electrons. The van der Waals surface area contributed by atoms with Gasteiger partial charge in [0.25, 0.3) is 0 Å². The van der Waals surface area contributed by atoms with Gasteiger partial charge in [0.1, 0.15) is 5.84 Å². The predicted octanol–water partition coefficient (Wildman–Crippen LogP) is 4.70. The molecule has 1 saturated heterocycles. The number of aryl methyl sites for hydroxylation is 1. The smallest absolute Gasteiger partial charge is 0.109 e. The molecule has 0 atom stereocenters. The molecule has 0 aromatic heterocycles. The van der Waals surface area contributed by atoms with Crippen LogP contribution in [0.25, 0.3) is 0 Å². The number of aliphatic imine (C=N–C) groups is 1. The summed E-state index contributed by atoms with van der Waals surface area (Å²) in [6.45, 7) is 7.27. The monoisotopic (exact) mass is 262 g/mol. The summed E-state index contributed by atoms with van der Waals surface area (Å²) in [7, 11) is 0. The van der Waals surface area contributed by atoms with E-state index in [0.29, 0.717) is 0 Å². The first kappa shape index (κ1) is 13.2. The highest BCUT2D eigenvalue weighted by Gasteiger charge is 2.19. The molecule has 0 unspecified atom stereocenters. The van der Waals surface area contributed by atoms with Crippen LogP contribution < -0.4 is 0 Å². The highest BCUT2D eigenvalue weighted by molar-refractivity contribution is 6.33. The van der Waals surface area contributed by atoms with Crippen LogP contribution in [0.4, 0.5) is 5.69 Å². The van der Waals surface area contributed by atoms with Crippen molar-refractivity contribution in [1.82, 2.24) is 4.90 Å². The summed E-state index contributed by atoms with van der Waals surface area (Å²) in [5.41, 5.74) is 3.29. The molecule has 1 aliphatic heterocycles. The zero-order chi connectivity index (χ0) is 13.1. The molecule has 2 rings (SSSR count). The summed E-state index contributed by atoms with van der Waals surface area (Å²) < 4.78 is 0. The fourth-order valence-corrected chi connectivity index (χ4v) is 2.43. The zero-order valence-corrected chi connectivity index (χ0v) is 12.0. The summed E-state index contributed by atoms with van der Waals surface area (Å²) in [5.74, 6) is 1.12. The number of amidine groups is 1. The quantitative estimate of drug-likeness (QED) is 0.754. The average molecular weight is 263 g/mol. The van der Waals surface area contributed by atoms with E-state index in [1.165, 1.54) is 5.70 Å². The second-order valence-corrected chi connectivity index (χ2v) is 5.08. The third-order valence-electron chi connectivity index (χ3n) is 3.29. The average Bonchev–Trinajstić information content (AvgIpc) is 2.80. The van der Waals surface area contributed by atoms with E-state index in [0.717, 1.165) is 41.5 Å². The molecular formula is C15H19ClN2. The minimum absolute atomic E-state index is 0.729. The summed E-state index contributed by atoms with van der Waals surface area (Å²) >= 11 is 6.23. The van der Waals surface area contributed by atoms with E-state index < -0.39 is 0 Å². The predicted molar refractivity (Wildman–Crippen MR) is 78.7 cm³/mol. The second-order valence-electron chi connectivity index (χ2n) is 4.67. The molecule has 1 aromatic rings. The summed E-state index contributed by atoms with van der Waals surface area (Å²) in [6.07, 6.45) is 4.31. The van der Waals surface area contributed by atoms with Crippen molar-refractivity contribution in [3.63, 3.8) is 0 Å². The lowest BCUT2D eigenvalue weighted by molar-refractivity contribution is 0.555. The number of likely N-dealkylation sites (tertiary alicyclic amines) is 1. The summed E-state index contributed by atoms with van der Waals surface area (Å²) in [5, 5.41) is 0.729. The van der Waals surface area contributed by atoms with Crippen LogP contribution in [0.5, 0.6) is 0 Å². The summed E-state index contributed by atoms with van der Waals surface area (Å²) in [4.78, 5) is 6.99. The highest BCUT2D eigenvalue weighted by Crippen LogP contribution is 2.28. The van der Waals surface area contributed by atoms with Crippen LogP contribution in [0, 0.1) is 6.92 Å². The van der Waals surface area contributed by atoms with Gasteiger partial charge in [0.15, 0.2) is 0 Å². The van der Waals surface area contributed by atoms with Crippen LogP contribution in [0.2, 0.25) is 5.02 Å². The Balaban J connectivity index is 2.32. The van der Waals surface area contributed by atoms with E-state index in [2.05, 4.69) is 24.8 Å². The Labute approximate surface area is 114 Å². The zero-order valence-electron chi connectivity index (χ0n) is 11.2. The van der Waals surface area contributed by atoms with Crippen molar-refractivity contribution in [3.05, 3.63) is 40.6 Å². The molecule has 1 heterocycles. The van der Waals surface area contributed by atoms with Crippen LogP contribution in [0.3, 0.4) is 0 Å². The molecule has 0 N–H and O–H groups in total. The molecule has 0 aliphatic carbocycles. The van der Waals surface area contributed by atoms with Gasteiger partial charge in [0.2, 0.25) is 0 Å². The van der Waals surface area contributed by atoms with Crippen LogP contribution in [0.15, 0.2) is 35.0 Å². The molecule has 0 amide bonds. The number of rotatable bonds is 2. The number of hydrogen-bond acceptors (Lipinski definition) is 1. The number of nitrogens with zero attached hydrogens (tertiary/aromatic N) is 2. The fraction of sp³-hybridized carbons (Fsp3) is 0.400. The van der Waals surface area contributed by atoms with E-state index in [1.807, 2.05) is 25.1 Å². The lowest BCUT2D eigenvalue weighted by Gasteiger charge is -2.19. The van der Waals surface area contributed by atoms with Gasteiger partial charge in [0.05, 0.1) is 10.7 Å². The first-order valence-corrected chi connectivity index (χ1v) is 6.74. The SMILES string of the molecule is C/C=C(/C)N1CCCC1=Nc1ccc(C)cc1Cl. The van der Waals surface area contributed by atoms with E-state index in [-0.39, 0.29) is 0 Å². The lowest BCUT2D eigenvalue weighted by Crippen LogP contribution is -2.22. The number of halogens is 1. The molecule has 0 bridgehead atoms. The Morgan fingerprint density at radius 2 is 2.22 bits per heavy atom. The maximum atomic E-state index is 6.23. The molecule has 2 nitrogen and oxygen atoms in total. The Morgan fingerprint density at radius 1 is 1.44 bits per heavy atom. The van der Waals surface area contributed by atoms with Crippen molar-refractivity contribution in [3.8, 4) is 0 Å². The van der Waals surface area contributed by atoms with Crippen LogP contribution in [-0.4, -0.2) is 17.3 Å². The maximum absolute atomic E-state index is 6.23. The standard InChI is InChI=1S/C15H19ClN2/c1-4-12(3)18-9-5-6-15(18)17-14-8-7-11(2)10-13(14)16/h4,7-8,10H,5-6,9H2,1-3H3/b12-4-,17-15?. The Hall–Kier alpha value is -1.28. The molecule has 18 heavy (non-hydrogen) atoms. The topological polar surface area (TPSA) is 15.6 Å². The largest absolute Gasteiger partial charge is 0.334 e. The minimum Gasteiger partial charge on any atom is -0.334 e. The van der Waals surface area contributed by atoms with Crippen molar-refractivity contribution in [2.75, 3.05) is 6.54 Å². The van der Waals surface area contributed by atoms with Crippen LogP contribution in [-0.2, 0) is 0 Å². The Morgan fingerprint density at radius 3 is 2.89 bits per heavy atom. The van der Waals surface area contributed by atoms with Gasteiger partial charge in [-0.2, -0.15) is 0 Å². The maximum Gasteiger partial charge on any atom is 0.109 e. The summed E-state index contributed by atoms with van der Waals surface area (Å²) in [6, 6.07) is 6.00. The van der Waals surface area contributed by atoms with Gasteiger partial charge in [-0.25, -0.2) is 4.99 Å². The minimum atomic E-state index is 0.729. The molecule has 0 spiro atoms.